The fourth-order valence-corrected chi connectivity index (χ4v) is 1.50. The Kier molecular flexibility index (Phi) is 5.35. The molecule has 1 rings (SSSR count). The van der Waals surface area contributed by atoms with Gasteiger partial charge in [0.05, 0.1) is 4.92 Å². The molecule has 0 heterocycles. The van der Waals surface area contributed by atoms with Gasteiger partial charge < -0.3 is 10.1 Å². The molecule has 0 aromatic heterocycles. The lowest BCUT2D eigenvalue weighted by atomic mass is 10.1. The summed E-state index contributed by atoms with van der Waals surface area (Å²) in [5, 5.41) is 15.0. The van der Waals surface area contributed by atoms with E-state index < -0.39 is 29.4 Å². The van der Waals surface area contributed by atoms with Crippen molar-refractivity contribution in [3.05, 3.63) is 39.4 Å². The Bertz CT molecular complexity index is 599. The largest absolute Gasteiger partial charge is 0.452 e. The SMILES string of the molecule is CNC(=O)NC(=O)COC(=O)c1cccc(C)c1[N+](=O)[O-]. The van der Waals surface area contributed by atoms with Crippen molar-refractivity contribution in [2.45, 2.75) is 6.92 Å². The average molecular weight is 295 g/mol. The molecule has 0 spiro atoms. The Hall–Kier alpha value is -2.97. The first-order valence-corrected chi connectivity index (χ1v) is 5.79. The summed E-state index contributed by atoms with van der Waals surface area (Å²) in [7, 11) is 1.31. The van der Waals surface area contributed by atoms with Crippen LogP contribution in [0, 0.1) is 17.0 Å². The number of rotatable bonds is 4. The molecule has 0 aliphatic rings. The van der Waals surface area contributed by atoms with Gasteiger partial charge in [-0.25, -0.2) is 9.59 Å². The van der Waals surface area contributed by atoms with Gasteiger partial charge in [-0.3, -0.25) is 20.2 Å². The van der Waals surface area contributed by atoms with Crippen LogP contribution in [-0.2, 0) is 9.53 Å². The van der Waals surface area contributed by atoms with Crippen molar-refractivity contribution in [3.8, 4) is 0 Å². The molecule has 9 heteroatoms. The number of ether oxygens (including phenoxy) is 1. The molecular weight excluding hydrogens is 282 g/mol. The highest BCUT2D eigenvalue weighted by Gasteiger charge is 2.24. The molecule has 0 aliphatic carbocycles. The topological polar surface area (TPSA) is 128 Å². The second-order valence-electron chi connectivity index (χ2n) is 3.93. The summed E-state index contributed by atoms with van der Waals surface area (Å²) in [6.07, 6.45) is 0. The van der Waals surface area contributed by atoms with Gasteiger partial charge in [-0.1, -0.05) is 12.1 Å². The number of esters is 1. The fourth-order valence-electron chi connectivity index (χ4n) is 1.50. The number of para-hydroxylation sites is 1. The van der Waals surface area contributed by atoms with Crippen LogP contribution in [0.2, 0.25) is 0 Å². The van der Waals surface area contributed by atoms with Gasteiger partial charge in [0, 0.05) is 12.6 Å². The lowest BCUT2D eigenvalue weighted by molar-refractivity contribution is -0.385. The maximum absolute atomic E-state index is 11.8. The third-order valence-corrected chi connectivity index (χ3v) is 2.45. The predicted octanol–water partition coefficient (Wildman–Crippen LogP) is 0.516. The van der Waals surface area contributed by atoms with Gasteiger partial charge in [0.15, 0.2) is 6.61 Å². The molecule has 1 aromatic rings. The number of imide groups is 1. The standard InChI is InChI=1S/C12H13N3O6/c1-7-4-3-5-8(10(7)15(19)20)11(17)21-6-9(16)14-12(18)13-2/h3-5H,6H2,1-2H3,(H2,13,14,16,18). The number of nitro benzene ring substituents is 1. The number of carbonyl (C=O) groups excluding carboxylic acids is 3. The first-order chi connectivity index (χ1) is 9.86. The van der Waals surface area contributed by atoms with Crippen molar-refractivity contribution in [1.82, 2.24) is 10.6 Å². The summed E-state index contributed by atoms with van der Waals surface area (Å²) in [4.78, 5) is 44.1. The monoisotopic (exact) mass is 295 g/mol. The molecular formula is C12H13N3O6. The van der Waals surface area contributed by atoms with E-state index in [1.165, 1.54) is 32.2 Å². The third kappa shape index (κ3) is 4.27. The second-order valence-corrected chi connectivity index (χ2v) is 3.93. The molecule has 0 bridgehead atoms. The minimum atomic E-state index is -1.02. The van der Waals surface area contributed by atoms with E-state index in [-0.39, 0.29) is 11.3 Å². The highest BCUT2D eigenvalue weighted by atomic mass is 16.6. The number of hydrogen-bond acceptors (Lipinski definition) is 6. The number of hydrogen-bond donors (Lipinski definition) is 2. The number of carbonyl (C=O) groups is 3. The molecule has 3 amide bonds. The van der Waals surface area contributed by atoms with Crippen molar-refractivity contribution in [1.29, 1.82) is 0 Å². The van der Waals surface area contributed by atoms with Crippen LogP contribution in [0.25, 0.3) is 0 Å². The minimum absolute atomic E-state index is 0.257. The molecule has 1 aromatic carbocycles. The summed E-state index contributed by atoms with van der Waals surface area (Å²) < 4.78 is 4.65. The number of nitrogens with zero attached hydrogens (tertiary/aromatic N) is 1. The van der Waals surface area contributed by atoms with Gasteiger partial charge in [-0.15, -0.1) is 0 Å². The molecule has 0 aliphatic heterocycles. The molecule has 0 unspecified atom stereocenters. The van der Waals surface area contributed by atoms with Gasteiger partial charge in [-0.05, 0) is 13.0 Å². The zero-order valence-electron chi connectivity index (χ0n) is 11.3. The van der Waals surface area contributed by atoms with Crippen molar-refractivity contribution in [2.24, 2.45) is 0 Å². The summed E-state index contributed by atoms with van der Waals surface area (Å²) in [6, 6.07) is 3.42. The predicted molar refractivity (Wildman–Crippen MR) is 70.7 cm³/mol. The zero-order valence-corrected chi connectivity index (χ0v) is 11.3. The number of nitrogens with one attached hydrogen (secondary N) is 2. The molecule has 2 N–H and O–H groups in total. The molecule has 0 atom stereocenters. The first-order valence-electron chi connectivity index (χ1n) is 5.79. The smallest absolute Gasteiger partial charge is 0.345 e. The van der Waals surface area contributed by atoms with Crippen LogP contribution in [0.15, 0.2) is 18.2 Å². The van der Waals surface area contributed by atoms with Crippen LogP contribution < -0.4 is 10.6 Å². The summed E-state index contributed by atoms with van der Waals surface area (Å²) in [5.41, 5.74) is -0.341. The van der Waals surface area contributed by atoms with Crippen LogP contribution in [0.5, 0.6) is 0 Å². The van der Waals surface area contributed by atoms with Gasteiger partial charge in [0.1, 0.15) is 5.56 Å². The normalized spacial score (nSPS) is 9.62. The zero-order chi connectivity index (χ0) is 16.0. The summed E-state index contributed by atoms with van der Waals surface area (Å²) in [6.45, 7) is 0.755. The molecule has 9 nitrogen and oxygen atoms in total. The molecule has 0 fully saturated rings. The van der Waals surface area contributed by atoms with E-state index in [4.69, 9.17) is 0 Å². The third-order valence-electron chi connectivity index (χ3n) is 2.45. The van der Waals surface area contributed by atoms with Gasteiger partial charge >= 0.3 is 12.0 Å². The van der Waals surface area contributed by atoms with E-state index in [1.807, 2.05) is 5.32 Å². The number of aryl methyl sites for hydroxylation is 1. The van der Waals surface area contributed by atoms with Crippen molar-refractivity contribution >= 4 is 23.6 Å². The fraction of sp³-hybridized carbons (Fsp3) is 0.250. The highest BCUT2D eigenvalue weighted by molar-refractivity contribution is 5.98. The average Bonchev–Trinajstić information content (AvgIpc) is 2.43. The van der Waals surface area contributed by atoms with E-state index in [2.05, 4.69) is 10.1 Å². The highest BCUT2D eigenvalue weighted by Crippen LogP contribution is 2.23. The number of amides is 3. The van der Waals surface area contributed by atoms with Crippen LogP contribution in [0.3, 0.4) is 0 Å². The summed E-state index contributed by atoms with van der Waals surface area (Å²) >= 11 is 0. The van der Waals surface area contributed by atoms with E-state index in [0.29, 0.717) is 5.56 Å². The molecule has 21 heavy (non-hydrogen) atoms. The van der Waals surface area contributed by atoms with Crippen LogP contribution in [-0.4, -0.2) is 36.5 Å². The van der Waals surface area contributed by atoms with Crippen molar-refractivity contribution in [3.63, 3.8) is 0 Å². The second kappa shape index (κ2) is 6.98. The quantitative estimate of drug-likeness (QED) is 0.473. The Morgan fingerprint density at radius 2 is 2.00 bits per heavy atom. The maximum Gasteiger partial charge on any atom is 0.345 e. The van der Waals surface area contributed by atoms with Gasteiger partial charge in [0.2, 0.25) is 0 Å². The van der Waals surface area contributed by atoms with Gasteiger partial charge in [0.25, 0.3) is 11.6 Å². The Labute approximate surface area is 119 Å². The number of nitro groups is 1. The number of urea groups is 1. The van der Waals surface area contributed by atoms with Crippen LogP contribution >= 0.6 is 0 Å². The van der Waals surface area contributed by atoms with Crippen LogP contribution in [0.1, 0.15) is 15.9 Å². The maximum atomic E-state index is 11.8. The van der Waals surface area contributed by atoms with Crippen molar-refractivity contribution in [2.75, 3.05) is 13.7 Å². The van der Waals surface area contributed by atoms with Gasteiger partial charge in [-0.2, -0.15) is 0 Å². The van der Waals surface area contributed by atoms with Crippen molar-refractivity contribution < 1.29 is 24.0 Å². The molecule has 0 saturated heterocycles. The van der Waals surface area contributed by atoms with E-state index in [1.54, 1.807) is 0 Å². The Balaban J connectivity index is 2.77. The lowest BCUT2D eigenvalue weighted by Crippen LogP contribution is -2.39. The molecule has 0 saturated carbocycles. The van der Waals surface area contributed by atoms with E-state index >= 15 is 0 Å². The first kappa shape index (κ1) is 16.1. The number of benzene rings is 1. The van der Waals surface area contributed by atoms with E-state index in [0.717, 1.165) is 0 Å². The Morgan fingerprint density at radius 3 is 2.57 bits per heavy atom. The Morgan fingerprint density at radius 1 is 1.33 bits per heavy atom. The lowest BCUT2D eigenvalue weighted by Gasteiger charge is -2.06. The van der Waals surface area contributed by atoms with Crippen LogP contribution in [0.4, 0.5) is 10.5 Å². The van der Waals surface area contributed by atoms with E-state index in [9.17, 15) is 24.5 Å². The molecule has 112 valence electrons. The summed E-state index contributed by atoms with van der Waals surface area (Å²) in [5.74, 6) is -1.87. The molecule has 0 radical (unpaired) electrons. The minimum Gasteiger partial charge on any atom is -0.452 e.